The van der Waals surface area contributed by atoms with Crippen molar-refractivity contribution in [1.82, 2.24) is 9.21 Å². The maximum atomic E-state index is 14.1. The van der Waals surface area contributed by atoms with Crippen molar-refractivity contribution in [1.29, 1.82) is 0 Å². The summed E-state index contributed by atoms with van der Waals surface area (Å²) >= 11 is 0. The maximum Gasteiger partial charge on any atom is 0.258 e. The summed E-state index contributed by atoms with van der Waals surface area (Å²) in [6.45, 7) is 6.08. The van der Waals surface area contributed by atoms with Crippen LogP contribution in [0.25, 0.3) is 0 Å². The zero-order valence-electron chi connectivity index (χ0n) is 24.9. The average molecular weight is 594 g/mol. The van der Waals surface area contributed by atoms with Crippen LogP contribution in [0.5, 0.6) is 5.75 Å². The number of aliphatic hydroxyl groups excluding tert-OH is 1. The highest BCUT2D eigenvalue weighted by Crippen LogP contribution is 2.29. The maximum absolute atomic E-state index is 14.1. The van der Waals surface area contributed by atoms with Gasteiger partial charge in [0.2, 0.25) is 10.0 Å². The van der Waals surface area contributed by atoms with E-state index in [4.69, 9.17) is 9.47 Å². The lowest BCUT2D eigenvalue weighted by Gasteiger charge is -2.35. The first-order valence-electron chi connectivity index (χ1n) is 14.1. The van der Waals surface area contributed by atoms with Gasteiger partial charge in [0.05, 0.1) is 35.3 Å². The number of carbonyl (C=O) groups is 1. The molecular weight excluding hydrogens is 549 g/mol. The largest absolute Gasteiger partial charge is 0.490 e. The predicted molar refractivity (Wildman–Crippen MR) is 157 cm³/mol. The Balaban J connectivity index is 1.96. The van der Waals surface area contributed by atoms with Crippen LogP contribution in [0, 0.1) is 11.7 Å². The molecule has 0 bridgehead atoms. The van der Waals surface area contributed by atoms with Crippen LogP contribution in [0.1, 0.15) is 50.4 Å². The highest BCUT2D eigenvalue weighted by molar-refractivity contribution is 7.89. The molecule has 0 saturated carbocycles. The third-order valence-electron chi connectivity index (χ3n) is 7.51. The quantitative estimate of drug-likeness (QED) is 0.518. The topological polar surface area (TPSA) is 99.6 Å². The molecule has 4 atom stereocenters. The zero-order chi connectivity index (χ0) is 30.3. The molecule has 0 aromatic heterocycles. The highest BCUT2D eigenvalue weighted by atomic mass is 32.2. The number of carbonyl (C=O) groups excluding carboxylic acids is 1. The molecule has 1 heterocycles. The van der Waals surface area contributed by atoms with Gasteiger partial charge in [-0.05, 0) is 75.6 Å². The van der Waals surface area contributed by atoms with Crippen LogP contribution >= 0.6 is 0 Å². The van der Waals surface area contributed by atoms with E-state index < -0.39 is 28.0 Å². The van der Waals surface area contributed by atoms with Crippen LogP contribution in [-0.4, -0.2) is 94.3 Å². The zero-order valence-corrected chi connectivity index (χ0v) is 25.7. The van der Waals surface area contributed by atoms with E-state index in [1.807, 2.05) is 45.0 Å². The number of benzene rings is 2. The molecule has 1 amide bonds. The van der Waals surface area contributed by atoms with Crippen LogP contribution in [0.15, 0.2) is 47.4 Å². The van der Waals surface area contributed by atoms with E-state index in [1.165, 1.54) is 23.5 Å². The van der Waals surface area contributed by atoms with Crippen LogP contribution in [0.2, 0.25) is 0 Å². The second-order valence-corrected chi connectivity index (χ2v) is 13.2. The lowest BCUT2D eigenvalue weighted by molar-refractivity contribution is -0.00833. The van der Waals surface area contributed by atoms with Gasteiger partial charge in [0, 0.05) is 52.4 Å². The van der Waals surface area contributed by atoms with Gasteiger partial charge in [0.15, 0.2) is 0 Å². The van der Waals surface area contributed by atoms with Crippen molar-refractivity contribution in [3.8, 4) is 5.75 Å². The summed E-state index contributed by atoms with van der Waals surface area (Å²) in [5.41, 5.74) is 1.24. The summed E-state index contributed by atoms with van der Waals surface area (Å²) in [4.78, 5) is 17.6. The molecule has 0 spiro atoms. The molecular formula is C30H44FN3O6S. The van der Waals surface area contributed by atoms with Crippen molar-refractivity contribution in [2.45, 2.75) is 63.2 Å². The summed E-state index contributed by atoms with van der Waals surface area (Å²) < 4.78 is 53.6. The molecule has 0 saturated heterocycles. The summed E-state index contributed by atoms with van der Waals surface area (Å²) in [6, 6.07) is 9.73. The Hall–Kier alpha value is -2.73. The van der Waals surface area contributed by atoms with E-state index in [0.717, 1.165) is 37.1 Å². The molecule has 3 rings (SSSR count). The summed E-state index contributed by atoms with van der Waals surface area (Å²) in [6.07, 6.45) is 1.66. The van der Waals surface area contributed by atoms with E-state index in [-0.39, 0.29) is 42.5 Å². The molecule has 2 aromatic carbocycles. The Morgan fingerprint density at radius 1 is 1.10 bits per heavy atom. The molecule has 9 nitrogen and oxygen atoms in total. The number of likely N-dealkylation sites (N-methyl/N-ethyl adjacent to an activating group) is 1. The molecule has 2 aromatic rings. The van der Waals surface area contributed by atoms with Crippen molar-refractivity contribution in [3.05, 3.63) is 53.8 Å². The number of fused-ring (bicyclic) bond motifs is 1. The first kappa shape index (κ1) is 32.8. The lowest BCUT2D eigenvalue weighted by Crippen LogP contribution is -2.48. The van der Waals surface area contributed by atoms with Gasteiger partial charge >= 0.3 is 0 Å². The van der Waals surface area contributed by atoms with Gasteiger partial charge in [-0.15, -0.1) is 0 Å². The first-order chi connectivity index (χ1) is 19.3. The smallest absolute Gasteiger partial charge is 0.258 e. The minimum Gasteiger partial charge on any atom is -0.490 e. The first-order valence-corrected chi connectivity index (χ1v) is 15.5. The Morgan fingerprint density at radius 2 is 1.78 bits per heavy atom. The van der Waals surface area contributed by atoms with Crippen molar-refractivity contribution in [3.63, 3.8) is 0 Å². The lowest BCUT2D eigenvalue weighted by atomic mass is 10.0. The minimum absolute atomic E-state index is 0.0112. The Labute approximate surface area is 243 Å². The number of sulfonamides is 1. The fraction of sp³-hybridized carbons (Fsp3) is 0.567. The summed E-state index contributed by atoms with van der Waals surface area (Å²) in [5.74, 6) is -0.600. The van der Waals surface area contributed by atoms with Gasteiger partial charge in [-0.3, -0.25) is 4.79 Å². The molecule has 0 fully saturated rings. The van der Waals surface area contributed by atoms with Crippen LogP contribution in [-0.2, 0) is 14.8 Å². The normalized spacial score (nSPS) is 22.0. The molecule has 228 valence electrons. The number of ether oxygens (including phenoxy) is 2. The highest BCUT2D eigenvalue weighted by Gasteiger charge is 2.32. The van der Waals surface area contributed by atoms with Crippen molar-refractivity contribution in [2.75, 3.05) is 52.3 Å². The van der Waals surface area contributed by atoms with Gasteiger partial charge in [0.25, 0.3) is 5.91 Å². The number of rotatable bonds is 7. The molecule has 1 aliphatic heterocycles. The van der Waals surface area contributed by atoms with Gasteiger partial charge in [0.1, 0.15) is 11.6 Å². The molecule has 1 aliphatic rings. The number of nitrogens with zero attached hydrogens (tertiary/aromatic N) is 3. The monoisotopic (exact) mass is 593 g/mol. The fourth-order valence-corrected chi connectivity index (χ4v) is 5.97. The van der Waals surface area contributed by atoms with Gasteiger partial charge in [-0.1, -0.05) is 6.92 Å². The van der Waals surface area contributed by atoms with Crippen molar-refractivity contribution >= 4 is 21.6 Å². The van der Waals surface area contributed by atoms with Gasteiger partial charge in [-0.25, -0.2) is 12.8 Å². The fourth-order valence-electron chi connectivity index (χ4n) is 4.79. The van der Waals surface area contributed by atoms with Crippen molar-refractivity contribution < 1.29 is 32.2 Å². The van der Waals surface area contributed by atoms with E-state index in [9.17, 15) is 22.7 Å². The Morgan fingerprint density at radius 3 is 2.41 bits per heavy atom. The molecule has 0 unspecified atom stereocenters. The van der Waals surface area contributed by atoms with Crippen LogP contribution < -0.4 is 9.64 Å². The standard InChI is InChI=1S/C30H44FN3O6S/c1-21-18-34(22(2)20-35)30(36)27-17-25(32(4)5)12-15-28(27)40-23(3)9-7-8-16-39-29(21)19-33(6)41(37,38)26-13-10-24(31)11-14-26/h10-15,17,21-23,29,35H,7-9,16,18-20H2,1-6H3/t21-,22+,23+,29+/m0/s1. The van der Waals surface area contributed by atoms with Crippen LogP contribution in [0.3, 0.4) is 0 Å². The van der Waals surface area contributed by atoms with Crippen molar-refractivity contribution in [2.24, 2.45) is 5.92 Å². The second-order valence-electron chi connectivity index (χ2n) is 11.1. The SMILES string of the molecule is C[C@@H]1CCCCO[C@H](CN(C)S(=O)(=O)c2ccc(F)cc2)[C@@H](C)CN([C@H](C)CO)C(=O)c2cc(N(C)C)ccc2O1. The van der Waals surface area contributed by atoms with Crippen LogP contribution in [0.4, 0.5) is 10.1 Å². The van der Waals surface area contributed by atoms with E-state index in [0.29, 0.717) is 17.9 Å². The number of hydrogen-bond donors (Lipinski definition) is 1. The summed E-state index contributed by atoms with van der Waals surface area (Å²) in [5, 5.41) is 10.1. The third-order valence-corrected chi connectivity index (χ3v) is 9.35. The van der Waals surface area contributed by atoms with E-state index in [1.54, 1.807) is 17.9 Å². The molecule has 11 heteroatoms. The molecule has 1 N–H and O–H groups in total. The molecule has 41 heavy (non-hydrogen) atoms. The van der Waals surface area contributed by atoms with Gasteiger partial charge in [-0.2, -0.15) is 4.31 Å². The third kappa shape index (κ3) is 8.41. The van der Waals surface area contributed by atoms with E-state index in [2.05, 4.69) is 0 Å². The number of aliphatic hydroxyl groups is 1. The minimum atomic E-state index is -3.90. The Bertz CT molecular complexity index is 1260. The van der Waals surface area contributed by atoms with Gasteiger partial charge < -0.3 is 24.4 Å². The van der Waals surface area contributed by atoms with E-state index >= 15 is 0 Å². The second kappa shape index (κ2) is 14.4. The number of hydrogen-bond acceptors (Lipinski definition) is 7. The molecule has 0 radical (unpaired) electrons. The molecule has 0 aliphatic carbocycles. The Kier molecular flexibility index (Phi) is 11.5. The number of anilines is 1. The number of halogens is 1. The average Bonchev–Trinajstić information content (AvgIpc) is 2.93. The summed E-state index contributed by atoms with van der Waals surface area (Å²) in [7, 11) is 1.36. The predicted octanol–water partition coefficient (Wildman–Crippen LogP) is 4.01. The number of amides is 1.